The molecule has 0 amide bonds. The molecule has 0 bridgehead atoms. The summed E-state index contributed by atoms with van der Waals surface area (Å²) in [6, 6.07) is 7.30. The monoisotopic (exact) mass is 272 g/mol. The van der Waals surface area contributed by atoms with Crippen LogP contribution in [-0.4, -0.2) is 14.7 Å². The predicted molar refractivity (Wildman–Crippen MR) is 75.9 cm³/mol. The normalized spacial score (nSPS) is 14.4. The van der Waals surface area contributed by atoms with Gasteiger partial charge in [-0.1, -0.05) is 24.3 Å². The maximum Gasteiger partial charge on any atom is 0.331 e. The molecule has 1 fully saturated rings. The van der Waals surface area contributed by atoms with Crippen LogP contribution in [0.1, 0.15) is 18.4 Å². The fraction of sp³-hybridized carbons (Fsp3) is 0.333. The molecule has 0 saturated heterocycles. The largest absolute Gasteiger partial charge is 0.494 e. The van der Waals surface area contributed by atoms with E-state index in [1.807, 2.05) is 19.1 Å². The Morgan fingerprint density at radius 2 is 2.00 bits per heavy atom. The Labute approximate surface area is 115 Å². The second-order valence-electron chi connectivity index (χ2n) is 5.33. The summed E-state index contributed by atoms with van der Waals surface area (Å²) in [6.45, 7) is 2.32. The zero-order valence-electron chi connectivity index (χ0n) is 11.2. The lowest BCUT2D eigenvalue weighted by Gasteiger charge is -2.12. The fourth-order valence-electron chi connectivity index (χ4n) is 2.38. The molecule has 20 heavy (non-hydrogen) atoms. The average molecular weight is 272 g/mol. The third-order valence-electron chi connectivity index (χ3n) is 3.72. The molecule has 104 valence electrons. The number of aromatic hydroxyl groups is 1. The third-order valence-corrected chi connectivity index (χ3v) is 3.72. The summed E-state index contributed by atoms with van der Waals surface area (Å²) in [5, 5.41) is 10.3. The van der Waals surface area contributed by atoms with Crippen molar-refractivity contribution in [2.75, 3.05) is 0 Å². The first-order valence-corrected chi connectivity index (χ1v) is 6.70. The first-order chi connectivity index (χ1) is 9.58. The highest BCUT2D eigenvalue weighted by atomic mass is 16.3. The number of aromatic amines is 1. The maximum absolute atomic E-state index is 12.0. The van der Waals surface area contributed by atoms with E-state index < -0.39 is 11.2 Å². The summed E-state index contributed by atoms with van der Waals surface area (Å²) in [7, 11) is 0. The van der Waals surface area contributed by atoms with Crippen LogP contribution in [0.3, 0.4) is 0 Å². The van der Waals surface area contributed by atoms with Crippen molar-refractivity contribution in [2.45, 2.75) is 26.3 Å². The molecule has 1 aliphatic rings. The van der Waals surface area contributed by atoms with Crippen LogP contribution in [0.15, 0.2) is 33.9 Å². The van der Waals surface area contributed by atoms with Gasteiger partial charge in [0.15, 0.2) is 0 Å². The highest BCUT2D eigenvalue weighted by Crippen LogP contribution is 2.33. The Balaban J connectivity index is 2.22. The van der Waals surface area contributed by atoms with E-state index in [-0.39, 0.29) is 11.4 Å². The topological polar surface area (TPSA) is 75.1 Å². The van der Waals surface area contributed by atoms with Crippen molar-refractivity contribution < 1.29 is 5.11 Å². The molecule has 0 atom stereocenters. The van der Waals surface area contributed by atoms with Crippen molar-refractivity contribution in [1.29, 1.82) is 0 Å². The van der Waals surface area contributed by atoms with Gasteiger partial charge in [0.2, 0.25) is 5.88 Å². The van der Waals surface area contributed by atoms with E-state index in [2.05, 4.69) is 4.98 Å². The standard InChI is InChI=1S/C15H16N2O3/c1-9-4-2-3-5-11(9)12-13(18)16-15(20)17(14(12)19)8-10-6-7-10/h2-5,10,19H,6-8H2,1H3,(H,16,18,20). The van der Waals surface area contributed by atoms with Gasteiger partial charge in [-0.2, -0.15) is 0 Å². The average Bonchev–Trinajstić information content (AvgIpc) is 3.20. The molecule has 1 saturated carbocycles. The van der Waals surface area contributed by atoms with Crippen molar-refractivity contribution in [3.63, 3.8) is 0 Å². The lowest BCUT2D eigenvalue weighted by Crippen LogP contribution is -2.31. The van der Waals surface area contributed by atoms with E-state index in [9.17, 15) is 14.7 Å². The van der Waals surface area contributed by atoms with Crippen molar-refractivity contribution >= 4 is 0 Å². The SMILES string of the molecule is Cc1ccccc1-c1c(O)n(CC2CC2)c(=O)[nH]c1=O. The van der Waals surface area contributed by atoms with Gasteiger partial charge in [-0.25, -0.2) is 4.79 Å². The Morgan fingerprint density at radius 3 is 2.65 bits per heavy atom. The van der Waals surface area contributed by atoms with Crippen molar-refractivity contribution in [3.05, 3.63) is 50.7 Å². The number of nitrogens with zero attached hydrogens (tertiary/aromatic N) is 1. The quantitative estimate of drug-likeness (QED) is 0.891. The van der Waals surface area contributed by atoms with Crippen LogP contribution in [0.2, 0.25) is 0 Å². The van der Waals surface area contributed by atoms with Crippen LogP contribution in [0.5, 0.6) is 5.88 Å². The number of nitrogens with one attached hydrogen (secondary N) is 1. The molecule has 1 aliphatic carbocycles. The molecular weight excluding hydrogens is 256 g/mol. The van der Waals surface area contributed by atoms with Gasteiger partial charge in [-0.05, 0) is 36.8 Å². The fourth-order valence-corrected chi connectivity index (χ4v) is 2.38. The first kappa shape index (κ1) is 12.7. The van der Waals surface area contributed by atoms with Crippen LogP contribution >= 0.6 is 0 Å². The number of hydrogen-bond acceptors (Lipinski definition) is 3. The van der Waals surface area contributed by atoms with E-state index in [1.54, 1.807) is 12.1 Å². The summed E-state index contributed by atoms with van der Waals surface area (Å²) in [5.41, 5.74) is 0.606. The zero-order chi connectivity index (χ0) is 14.3. The molecule has 0 unspecified atom stereocenters. The highest BCUT2D eigenvalue weighted by Gasteiger charge is 2.25. The first-order valence-electron chi connectivity index (χ1n) is 6.70. The molecule has 1 aromatic carbocycles. The lowest BCUT2D eigenvalue weighted by atomic mass is 10.0. The van der Waals surface area contributed by atoms with Gasteiger partial charge >= 0.3 is 5.69 Å². The molecule has 2 N–H and O–H groups in total. The van der Waals surface area contributed by atoms with Gasteiger partial charge in [0.1, 0.15) is 5.56 Å². The number of benzene rings is 1. The molecule has 0 spiro atoms. The van der Waals surface area contributed by atoms with Gasteiger partial charge in [-0.3, -0.25) is 14.3 Å². The van der Waals surface area contributed by atoms with Gasteiger partial charge < -0.3 is 5.11 Å². The third kappa shape index (κ3) is 2.15. The van der Waals surface area contributed by atoms with Gasteiger partial charge in [0.05, 0.1) is 0 Å². The summed E-state index contributed by atoms with van der Waals surface area (Å²) in [6.07, 6.45) is 2.12. The van der Waals surface area contributed by atoms with Gasteiger partial charge in [-0.15, -0.1) is 0 Å². The number of hydrogen-bond donors (Lipinski definition) is 2. The van der Waals surface area contributed by atoms with Crippen LogP contribution < -0.4 is 11.2 Å². The summed E-state index contributed by atoms with van der Waals surface area (Å²) < 4.78 is 1.26. The molecule has 1 heterocycles. The summed E-state index contributed by atoms with van der Waals surface area (Å²) in [4.78, 5) is 26.2. The molecule has 1 aromatic heterocycles. The lowest BCUT2D eigenvalue weighted by molar-refractivity contribution is 0.395. The number of rotatable bonds is 3. The second-order valence-corrected chi connectivity index (χ2v) is 5.33. The number of aromatic nitrogens is 2. The second kappa shape index (κ2) is 4.67. The minimum atomic E-state index is -0.547. The number of H-pyrrole nitrogens is 1. The minimum Gasteiger partial charge on any atom is -0.494 e. The Bertz CT molecular complexity index is 769. The molecule has 5 heteroatoms. The van der Waals surface area contributed by atoms with Crippen LogP contribution in [0, 0.1) is 12.8 Å². The Hall–Kier alpha value is -2.30. The molecule has 5 nitrogen and oxygen atoms in total. The smallest absolute Gasteiger partial charge is 0.331 e. The van der Waals surface area contributed by atoms with Crippen LogP contribution in [0.4, 0.5) is 0 Å². The van der Waals surface area contributed by atoms with Crippen molar-refractivity contribution in [2.24, 2.45) is 5.92 Å². The van der Waals surface area contributed by atoms with E-state index in [4.69, 9.17) is 0 Å². The molecule has 0 aliphatic heterocycles. The zero-order valence-corrected chi connectivity index (χ0v) is 11.2. The van der Waals surface area contributed by atoms with Gasteiger partial charge in [0, 0.05) is 6.54 Å². The Morgan fingerprint density at radius 1 is 1.30 bits per heavy atom. The van der Waals surface area contributed by atoms with E-state index in [0.29, 0.717) is 18.0 Å². The van der Waals surface area contributed by atoms with Crippen LogP contribution in [-0.2, 0) is 6.54 Å². The molecule has 3 rings (SSSR count). The molecule has 2 aromatic rings. The maximum atomic E-state index is 12.0. The van der Waals surface area contributed by atoms with Crippen LogP contribution in [0.25, 0.3) is 11.1 Å². The van der Waals surface area contributed by atoms with E-state index >= 15 is 0 Å². The van der Waals surface area contributed by atoms with Crippen molar-refractivity contribution in [1.82, 2.24) is 9.55 Å². The van der Waals surface area contributed by atoms with Gasteiger partial charge in [0.25, 0.3) is 5.56 Å². The predicted octanol–water partition coefficient (Wildman–Crippen LogP) is 1.63. The summed E-state index contributed by atoms with van der Waals surface area (Å²) in [5.74, 6) is 0.189. The van der Waals surface area contributed by atoms with E-state index in [0.717, 1.165) is 18.4 Å². The van der Waals surface area contributed by atoms with Crippen molar-refractivity contribution in [3.8, 4) is 17.0 Å². The number of aryl methyl sites for hydroxylation is 1. The van der Waals surface area contributed by atoms with E-state index in [1.165, 1.54) is 4.57 Å². The molecule has 0 radical (unpaired) electrons. The highest BCUT2D eigenvalue weighted by molar-refractivity contribution is 5.70. The summed E-state index contributed by atoms with van der Waals surface area (Å²) >= 11 is 0. The molecular formula is C15H16N2O3. The Kier molecular flexibility index (Phi) is 2.97. The minimum absolute atomic E-state index is 0.170.